The highest BCUT2D eigenvalue weighted by molar-refractivity contribution is 6.33. The molecule has 1 heterocycles. The van der Waals surface area contributed by atoms with Gasteiger partial charge in [-0.2, -0.15) is 15.2 Å². The van der Waals surface area contributed by atoms with E-state index in [1.165, 1.54) is 26.4 Å². The van der Waals surface area contributed by atoms with Crippen LogP contribution in [0.5, 0.6) is 23.4 Å². The number of para-hydroxylation sites is 1. The molecule has 3 rings (SSSR count). The summed E-state index contributed by atoms with van der Waals surface area (Å²) in [4.78, 5) is 20.6. The van der Waals surface area contributed by atoms with Crippen molar-refractivity contribution < 1.29 is 19.0 Å². The molecule has 0 spiro atoms. The van der Waals surface area contributed by atoms with Crippen LogP contribution in [0.25, 0.3) is 0 Å². The van der Waals surface area contributed by atoms with Crippen molar-refractivity contribution in [3.05, 3.63) is 64.8 Å². The molecule has 0 saturated carbocycles. The summed E-state index contributed by atoms with van der Waals surface area (Å²) in [7, 11) is 2.75. The number of nitrogens with zero attached hydrogens (tertiary/aromatic N) is 3. The molecule has 0 radical (unpaired) electrons. The maximum atomic E-state index is 12.7. The Balaban J connectivity index is 1.86. The first-order chi connectivity index (χ1) is 14.0. The molecular weight excluding hydrogens is 396 g/mol. The quantitative estimate of drug-likeness (QED) is 0.610. The Morgan fingerprint density at radius 3 is 2.52 bits per heavy atom. The topological polar surface area (TPSA) is 106 Å². The Kier molecular flexibility index (Phi) is 6.12. The molecule has 2 aromatic carbocycles. The van der Waals surface area contributed by atoms with Crippen LogP contribution in [0.3, 0.4) is 0 Å². The molecule has 0 bridgehead atoms. The lowest BCUT2D eigenvalue weighted by Crippen LogP contribution is -2.14. The van der Waals surface area contributed by atoms with Crippen LogP contribution in [0, 0.1) is 11.3 Å². The lowest BCUT2D eigenvalue weighted by molar-refractivity contribution is 0.102. The molecular formula is C20H15ClN4O4. The molecule has 29 heavy (non-hydrogen) atoms. The van der Waals surface area contributed by atoms with Crippen molar-refractivity contribution in [3.63, 3.8) is 0 Å². The molecule has 0 aliphatic rings. The summed E-state index contributed by atoms with van der Waals surface area (Å²) in [5.41, 5.74) is 0.504. The normalized spacial score (nSPS) is 10.0. The third kappa shape index (κ3) is 4.54. The van der Waals surface area contributed by atoms with Gasteiger partial charge in [0.1, 0.15) is 23.3 Å². The SMILES string of the molecule is COc1nc(Cl)c(NC(=O)c2ccc(Oc3ccccc3)c(C#N)c2)c(OC)n1. The zero-order valence-corrected chi connectivity index (χ0v) is 16.2. The Labute approximate surface area is 171 Å². The van der Waals surface area contributed by atoms with Gasteiger partial charge < -0.3 is 19.5 Å². The minimum Gasteiger partial charge on any atom is -0.479 e. The Morgan fingerprint density at radius 1 is 1.10 bits per heavy atom. The van der Waals surface area contributed by atoms with Gasteiger partial charge in [-0.15, -0.1) is 0 Å². The second-order valence-corrected chi connectivity index (χ2v) is 5.94. The second-order valence-electron chi connectivity index (χ2n) is 5.58. The van der Waals surface area contributed by atoms with Crippen molar-refractivity contribution in [1.29, 1.82) is 5.26 Å². The number of benzene rings is 2. The van der Waals surface area contributed by atoms with Crippen LogP contribution in [0.2, 0.25) is 5.15 Å². The lowest BCUT2D eigenvalue weighted by Gasteiger charge is -2.12. The molecule has 0 saturated heterocycles. The number of methoxy groups -OCH3 is 2. The van der Waals surface area contributed by atoms with Crippen LogP contribution >= 0.6 is 11.6 Å². The van der Waals surface area contributed by atoms with Crippen LogP contribution in [0.4, 0.5) is 5.69 Å². The van der Waals surface area contributed by atoms with Gasteiger partial charge in [-0.25, -0.2) is 0 Å². The van der Waals surface area contributed by atoms with Gasteiger partial charge in [-0.3, -0.25) is 4.79 Å². The van der Waals surface area contributed by atoms with Gasteiger partial charge in [0.05, 0.1) is 19.8 Å². The van der Waals surface area contributed by atoms with E-state index in [1.54, 1.807) is 18.2 Å². The Bertz CT molecular complexity index is 1080. The molecule has 0 aliphatic carbocycles. The predicted octanol–water partition coefficient (Wildman–Crippen LogP) is 4.06. The number of aromatic nitrogens is 2. The summed E-state index contributed by atoms with van der Waals surface area (Å²) in [5, 5.41) is 12.0. The number of nitriles is 1. The van der Waals surface area contributed by atoms with Crippen molar-refractivity contribution in [2.75, 3.05) is 19.5 Å². The molecule has 1 N–H and O–H groups in total. The molecule has 9 heteroatoms. The van der Waals surface area contributed by atoms with E-state index in [2.05, 4.69) is 15.3 Å². The maximum absolute atomic E-state index is 12.7. The first-order valence-corrected chi connectivity index (χ1v) is 8.67. The summed E-state index contributed by atoms with van der Waals surface area (Å²) in [5.74, 6) is 0.424. The number of carbonyl (C=O) groups is 1. The van der Waals surface area contributed by atoms with Gasteiger partial charge in [-0.05, 0) is 30.3 Å². The largest absolute Gasteiger partial charge is 0.479 e. The number of carbonyl (C=O) groups excluding carboxylic acids is 1. The highest BCUT2D eigenvalue weighted by atomic mass is 35.5. The van der Waals surface area contributed by atoms with Crippen molar-refractivity contribution in [2.24, 2.45) is 0 Å². The second kappa shape index (κ2) is 8.91. The summed E-state index contributed by atoms with van der Waals surface area (Å²) in [6, 6.07) is 15.5. The van der Waals surface area contributed by atoms with Gasteiger partial charge in [0.2, 0.25) is 5.88 Å². The zero-order chi connectivity index (χ0) is 20.8. The van der Waals surface area contributed by atoms with Gasteiger partial charge in [0.25, 0.3) is 5.91 Å². The van der Waals surface area contributed by atoms with E-state index in [0.717, 1.165) is 0 Å². The molecule has 146 valence electrons. The summed E-state index contributed by atoms with van der Waals surface area (Å²) < 4.78 is 15.8. The predicted molar refractivity (Wildman–Crippen MR) is 106 cm³/mol. The van der Waals surface area contributed by atoms with E-state index < -0.39 is 5.91 Å². The van der Waals surface area contributed by atoms with Crippen molar-refractivity contribution in [2.45, 2.75) is 0 Å². The third-order valence-electron chi connectivity index (χ3n) is 3.76. The molecule has 0 unspecified atom stereocenters. The minimum absolute atomic E-state index is 0.000899. The number of hydrogen-bond acceptors (Lipinski definition) is 7. The number of halogens is 1. The highest BCUT2D eigenvalue weighted by Crippen LogP contribution is 2.32. The number of amides is 1. The third-order valence-corrected chi connectivity index (χ3v) is 4.03. The molecule has 3 aromatic rings. The van der Waals surface area contributed by atoms with Gasteiger partial charge in [0, 0.05) is 5.56 Å². The van der Waals surface area contributed by atoms with E-state index >= 15 is 0 Å². The fourth-order valence-electron chi connectivity index (χ4n) is 2.39. The number of anilines is 1. The summed E-state index contributed by atoms with van der Waals surface area (Å²) in [6.45, 7) is 0. The van der Waals surface area contributed by atoms with Gasteiger partial charge in [0.15, 0.2) is 5.15 Å². The summed E-state index contributed by atoms with van der Waals surface area (Å²) >= 11 is 6.10. The summed E-state index contributed by atoms with van der Waals surface area (Å²) in [6.07, 6.45) is 0. The van der Waals surface area contributed by atoms with Crippen molar-refractivity contribution in [1.82, 2.24) is 9.97 Å². The van der Waals surface area contributed by atoms with E-state index in [1.807, 2.05) is 24.3 Å². The highest BCUT2D eigenvalue weighted by Gasteiger charge is 2.19. The molecule has 0 atom stereocenters. The number of ether oxygens (including phenoxy) is 3. The molecule has 1 aromatic heterocycles. The van der Waals surface area contributed by atoms with E-state index in [0.29, 0.717) is 11.5 Å². The monoisotopic (exact) mass is 410 g/mol. The standard InChI is InChI=1S/C20H15ClN4O4/c1-27-19-16(17(21)24-20(25-19)28-2)23-18(26)12-8-9-15(13(10-12)11-22)29-14-6-4-3-5-7-14/h3-10H,1-2H3,(H,23,26). The molecule has 0 aliphatic heterocycles. The number of nitrogens with one attached hydrogen (secondary N) is 1. The first-order valence-electron chi connectivity index (χ1n) is 8.29. The van der Waals surface area contributed by atoms with Gasteiger partial charge >= 0.3 is 6.01 Å². The van der Waals surface area contributed by atoms with Crippen LogP contribution in [-0.4, -0.2) is 30.1 Å². The maximum Gasteiger partial charge on any atom is 0.321 e. The minimum atomic E-state index is -0.526. The van der Waals surface area contributed by atoms with Crippen molar-refractivity contribution >= 4 is 23.2 Å². The molecule has 0 fully saturated rings. The zero-order valence-electron chi connectivity index (χ0n) is 15.5. The molecule has 8 nitrogen and oxygen atoms in total. The van der Waals surface area contributed by atoms with Gasteiger partial charge in [-0.1, -0.05) is 29.8 Å². The van der Waals surface area contributed by atoms with Crippen LogP contribution in [-0.2, 0) is 0 Å². The smallest absolute Gasteiger partial charge is 0.321 e. The Hall–Kier alpha value is -3.83. The molecule has 1 amide bonds. The van der Waals surface area contributed by atoms with Crippen LogP contribution < -0.4 is 19.5 Å². The van der Waals surface area contributed by atoms with E-state index in [-0.39, 0.29) is 33.9 Å². The van der Waals surface area contributed by atoms with Crippen LogP contribution in [0.15, 0.2) is 48.5 Å². The lowest BCUT2D eigenvalue weighted by atomic mass is 10.1. The fraction of sp³-hybridized carbons (Fsp3) is 0.100. The number of hydrogen-bond donors (Lipinski definition) is 1. The average molecular weight is 411 g/mol. The van der Waals surface area contributed by atoms with E-state index in [4.69, 9.17) is 25.8 Å². The Morgan fingerprint density at radius 2 is 1.86 bits per heavy atom. The average Bonchev–Trinajstić information content (AvgIpc) is 2.75. The first kappa shape index (κ1) is 19.9. The van der Waals surface area contributed by atoms with Crippen molar-refractivity contribution in [3.8, 4) is 29.5 Å². The number of rotatable bonds is 6. The van der Waals surface area contributed by atoms with E-state index in [9.17, 15) is 10.1 Å². The van der Waals surface area contributed by atoms with Crippen LogP contribution in [0.1, 0.15) is 15.9 Å². The fourth-order valence-corrected chi connectivity index (χ4v) is 2.59.